The second kappa shape index (κ2) is 5.36. The van der Waals surface area contributed by atoms with E-state index in [9.17, 15) is 4.79 Å². The van der Waals surface area contributed by atoms with E-state index in [1.54, 1.807) is 17.1 Å². The molecule has 2 aromatic rings. The van der Waals surface area contributed by atoms with Crippen LogP contribution in [0, 0.1) is 0 Å². The van der Waals surface area contributed by atoms with Crippen molar-refractivity contribution >= 4 is 28.9 Å². The molecule has 0 saturated carbocycles. The molecule has 0 radical (unpaired) electrons. The van der Waals surface area contributed by atoms with E-state index in [2.05, 4.69) is 10.1 Å². The van der Waals surface area contributed by atoms with Crippen molar-refractivity contribution in [2.45, 2.75) is 19.9 Å². The van der Waals surface area contributed by atoms with E-state index < -0.39 is 5.97 Å². The number of rotatable bonds is 5. The topological polar surface area (TPSA) is 77.2 Å². The Morgan fingerprint density at radius 3 is 3.06 bits per heavy atom. The zero-order chi connectivity index (χ0) is 13.1. The number of carboxylic acid groups (broad SMARTS) is 1. The normalized spacial score (nSPS) is 10.6. The molecule has 2 aromatic heterocycles. The first-order valence-corrected chi connectivity index (χ1v) is 6.39. The van der Waals surface area contributed by atoms with Crippen LogP contribution in [0.25, 0.3) is 0 Å². The van der Waals surface area contributed by atoms with Crippen LogP contribution in [0.15, 0.2) is 12.4 Å². The van der Waals surface area contributed by atoms with E-state index in [4.69, 9.17) is 21.4 Å². The predicted octanol–water partition coefficient (Wildman–Crippen LogP) is 2.89. The molecule has 0 aromatic carbocycles. The Morgan fingerprint density at radius 1 is 1.67 bits per heavy atom. The number of hydrogen-bond acceptors (Lipinski definition) is 5. The highest BCUT2D eigenvalue weighted by atomic mass is 35.5. The minimum absolute atomic E-state index is 0.0346. The predicted molar refractivity (Wildman–Crippen MR) is 66.7 cm³/mol. The molecular formula is C10H10ClN3O3S. The number of aromatic nitrogens is 3. The van der Waals surface area contributed by atoms with Crippen LogP contribution in [0.4, 0.5) is 0 Å². The summed E-state index contributed by atoms with van der Waals surface area (Å²) in [6, 6.07) is 0. The van der Waals surface area contributed by atoms with Gasteiger partial charge in [0.2, 0.25) is 0 Å². The SMILES string of the molecule is CCCn1cc(Oc2nc(Cl)c(C(=O)O)s2)cn1. The summed E-state index contributed by atoms with van der Waals surface area (Å²) in [6.45, 7) is 2.84. The smallest absolute Gasteiger partial charge is 0.349 e. The van der Waals surface area contributed by atoms with E-state index in [1.165, 1.54) is 0 Å². The van der Waals surface area contributed by atoms with Crippen molar-refractivity contribution in [2.75, 3.05) is 0 Å². The summed E-state index contributed by atoms with van der Waals surface area (Å²) in [6.07, 6.45) is 4.23. The highest BCUT2D eigenvalue weighted by Gasteiger charge is 2.17. The summed E-state index contributed by atoms with van der Waals surface area (Å²) in [7, 11) is 0. The van der Waals surface area contributed by atoms with Crippen molar-refractivity contribution in [1.29, 1.82) is 0 Å². The lowest BCUT2D eigenvalue weighted by Crippen LogP contribution is -1.95. The Balaban J connectivity index is 2.13. The van der Waals surface area contributed by atoms with Crippen LogP contribution in [0.1, 0.15) is 23.0 Å². The number of carbonyl (C=O) groups is 1. The molecule has 0 aliphatic rings. The van der Waals surface area contributed by atoms with Crippen molar-refractivity contribution in [1.82, 2.24) is 14.8 Å². The molecule has 0 saturated heterocycles. The van der Waals surface area contributed by atoms with Gasteiger partial charge in [0.05, 0.1) is 12.4 Å². The maximum atomic E-state index is 10.8. The summed E-state index contributed by atoms with van der Waals surface area (Å²) < 4.78 is 7.13. The molecule has 0 aliphatic carbocycles. The van der Waals surface area contributed by atoms with Gasteiger partial charge in [0.15, 0.2) is 15.8 Å². The third-order valence-electron chi connectivity index (χ3n) is 2.03. The maximum absolute atomic E-state index is 10.8. The fraction of sp³-hybridized carbons (Fsp3) is 0.300. The number of aromatic carboxylic acids is 1. The van der Waals surface area contributed by atoms with Crippen LogP contribution < -0.4 is 4.74 Å². The van der Waals surface area contributed by atoms with Gasteiger partial charge in [-0.15, -0.1) is 0 Å². The summed E-state index contributed by atoms with van der Waals surface area (Å²) in [5.41, 5.74) is 0. The van der Waals surface area contributed by atoms with E-state index in [0.717, 1.165) is 24.3 Å². The fourth-order valence-corrected chi connectivity index (χ4v) is 2.30. The number of aryl methyl sites for hydroxylation is 1. The highest BCUT2D eigenvalue weighted by Crippen LogP contribution is 2.31. The standard InChI is InChI=1S/C10H10ClN3O3S/c1-2-3-14-5-6(4-12-14)17-10-13-8(11)7(18-10)9(15)16/h4-5H,2-3H2,1H3,(H,15,16). The van der Waals surface area contributed by atoms with E-state index in [-0.39, 0.29) is 15.2 Å². The Morgan fingerprint density at radius 2 is 2.44 bits per heavy atom. The van der Waals surface area contributed by atoms with Crippen LogP contribution in [-0.4, -0.2) is 25.8 Å². The number of hydrogen-bond donors (Lipinski definition) is 1. The third kappa shape index (κ3) is 2.80. The molecule has 0 bridgehead atoms. The Hall–Kier alpha value is -1.60. The second-order valence-electron chi connectivity index (χ2n) is 3.45. The van der Waals surface area contributed by atoms with Gasteiger partial charge >= 0.3 is 5.97 Å². The molecule has 0 spiro atoms. The second-order valence-corrected chi connectivity index (χ2v) is 4.77. The Bertz CT molecular complexity index is 566. The first-order chi connectivity index (χ1) is 8.60. The quantitative estimate of drug-likeness (QED) is 0.915. The van der Waals surface area contributed by atoms with Gasteiger partial charge in [0.25, 0.3) is 5.19 Å². The average Bonchev–Trinajstić information content (AvgIpc) is 2.87. The van der Waals surface area contributed by atoms with Gasteiger partial charge in [0, 0.05) is 6.54 Å². The number of halogens is 1. The van der Waals surface area contributed by atoms with Crippen molar-refractivity contribution in [2.24, 2.45) is 0 Å². The minimum atomic E-state index is -1.12. The van der Waals surface area contributed by atoms with Crippen molar-refractivity contribution in [3.8, 4) is 10.9 Å². The molecule has 0 amide bonds. The van der Waals surface area contributed by atoms with Crippen molar-refractivity contribution in [3.05, 3.63) is 22.4 Å². The van der Waals surface area contributed by atoms with Crippen LogP contribution >= 0.6 is 22.9 Å². The molecule has 0 unspecified atom stereocenters. The number of thiazole rings is 1. The van der Waals surface area contributed by atoms with Crippen LogP contribution in [0.2, 0.25) is 5.15 Å². The molecule has 0 atom stereocenters. The van der Waals surface area contributed by atoms with E-state index >= 15 is 0 Å². The van der Waals surface area contributed by atoms with E-state index in [1.807, 2.05) is 6.92 Å². The number of ether oxygens (including phenoxy) is 1. The Labute approximate surface area is 112 Å². The first-order valence-electron chi connectivity index (χ1n) is 5.20. The van der Waals surface area contributed by atoms with Gasteiger partial charge in [-0.2, -0.15) is 10.1 Å². The summed E-state index contributed by atoms with van der Waals surface area (Å²) in [5.74, 6) is -0.611. The van der Waals surface area contributed by atoms with Crippen molar-refractivity contribution < 1.29 is 14.6 Å². The van der Waals surface area contributed by atoms with E-state index in [0.29, 0.717) is 5.75 Å². The van der Waals surface area contributed by atoms with Crippen LogP contribution in [0.5, 0.6) is 10.9 Å². The van der Waals surface area contributed by atoms with Gasteiger partial charge in [-0.1, -0.05) is 29.9 Å². The molecule has 96 valence electrons. The van der Waals surface area contributed by atoms with Gasteiger partial charge in [-0.3, -0.25) is 4.68 Å². The maximum Gasteiger partial charge on any atom is 0.349 e. The largest absolute Gasteiger partial charge is 0.477 e. The Kier molecular flexibility index (Phi) is 3.83. The van der Waals surface area contributed by atoms with Gasteiger partial charge in [0.1, 0.15) is 0 Å². The lowest BCUT2D eigenvalue weighted by molar-refractivity contribution is 0.0702. The van der Waals surface area contributed by atoms with Crippen LogP contribution in [0.3, 0.4) is 0 Å². The first kappa shape index (κ1) is 12.8. The minimum Gasteiger partial charge on any atom is -0.477 e. The lowest BCUT2D eigenvalue weighted by Gasteiger charge is -1.96. The molecule has 1 N–H and O–H groups in total. The molecule has 0 aliphatic heterocycles. The molecule has 8 heteroatoms. The summed E-state index contributed by atoms with van der Waals surface area (Å²) in [4.78, 5) is 14.6. The summed E-state index contributed by atoms with van der Waals surface area (Å²) in [5, 5.41) is 13.0. The fourth-order valence-electron chi connectivity index (χ4n) is 1.31. The highest BCUT2D eigenvalue weighted by molar-refractivity contribution is 7.15. The molecule has 6 nitrogen and oxygen atoms in total. The number of nitrogens with zero attached hydrogens (tertiary/aromatic N) is 3. The van der Waals surface area contributed by atoms with Crippen LogP contribution in [-0.2, 0) is 6.54 Å². The zero-order valence-electron chi connectivity index (χ0n) is 9.46. The zero-order valence-corrected chi connectivity index (χ0v) is 11.0. The number of carboxylic acids is 1. The average molecular weight is 288 g/mol. The van der Waals surface area contributed by atoms with Crippen molar-refractivity contribution in [3.63, 3.8) is 0 Å². The van der Waals surface area contributed by atoms with Gasteiger partial charge in [-0.25, -0.2) is 4.79 Å². The molecule has 0 fully saturated rings. The lowest BCUT2D eigenvalue weighted by atomic mass is 10.5. The molecule has 2 rings (SSSR count). The monoisotopic (exact) mass is 287 g/mol. The van der Waals surface area contributed by atoms with Gasteiger partial charge < -0.3 is 9.84 Å². The molecule has 18 heavy (non-hydrogen) atoms. The third-order valence-corrected chi connectivity index (χ3v) is 3.33. The van der Waals surface area contributed by atoms with Gasteiger partial charge in [-0.05, 0) is 6.42 Å². The molecule has 2 heterocycles. The summed E-state index contributed by atoms with van der Waals surface area (Å²) >= 11 is 6.56. The molecular weight excluding hydrogens is 278 g/mol.